The van der Waals surface area contributed by atoms with Gasteiger partial charge in [-0.05, 0) is 32.3 Å². The summed E-state index contributed by atoms with van der Waals surface area (Å²) in [6, 6.07) is 1.85. The Morgan fingerprint density at radius 2 is 2.17 bits per heavy atom. The zero-order valence-electron chi connectivity index (χ0n) is 16.3. The fourth-order valence-corrected chi connectivity index (χ4v) is 5.03. The second-order valence-corrected chi connectivity index (χ2v) is 8.53. The van der Waals surface area contributed by atoms with Gasteiger partial charge in [0, 0.05) is 50.0 Å². The summed E-state index contributed by atoms with van der Waals surface area (Å²) >= 11 is 0. The average Bonchev–Trinajstić information content (AvgIpc) is 3.35. The summed E-state index contributed by atoms with van der Waals surface area (Å²) in [5.41, 5.74) is 5.82. The molecule has 2 saturated heterocycles. The Labute approximate surface area is 166 Å². The Hall–Kier alpha value is -2.45. The summed E-state index contributed by atoms with van der Waals surface area (Å²) in [5.74, 6) is -1.51. The van der Waals surface area contributed by atoms with Crippen molar-refractivity contribution < 1.29 is 19.0 Å². The molecule has 1 aliphatic carbocycles. The smallest absolute Gasteiger partial charge is 0.341 e. The first-order valence-electron chi connectivity index (χ1n) is 10.1. The van der Waals surface area contributed by atoms with E-state index in [9.17, 15) is 14.7 Å². The predicted molar refractivity (Wildman–Crippen MR) is 106 cm³/mol. The number of carboxylic acid groups (broad SMARTS) is 1. The fraction of sp³-hybridized carbons (Fsp3) is 0.524. The second-order valence-electron chi connectivity index (χ2n) is 8.53. The van der Waals surface area contributed by atoms with Crippen LogP contribution >= 0.6 is 0 Å². The number of carboxylic acids is 1. The van der Waals surface area contributed by atoms with E-state index in [0.29, 0.717) is 37.4 Å². The van der Waals surface area contributed by atoms with E-state index >= 15 is 4.39 Å². The number of carbonyl (C=O) groups is 1. The molecule has 2 aromatic rings. The summed E-state index contributed by atoms with van der Waals surface area (Å²) in [6.45, 7) is 3.78. The molecule has 1 aromatic heterocycles. The van der Waals surface area contributed by atoms with E-state index in [4.69, 9.17) is 10.5 Å². The van der Waals surface area contributed by atoms with Crippen LogP contribution in [0.3, 0.4) is 0 Å². The molecule has 3 N–H and O–H groups in total. The Morgan fingerprint density at radius 1 is 1.41 bits per heavy atom. The molecular weight excluding hydrogens is 377 g/mol. The van der Waals surface area contributed by atoms with E-state index < -0.39 is 22.8 Å². The molecule has 3 heterocycles. The third-order valence-corrected chi connectivity index (χ3v) is 6.83. The van der Waals surface area contributed by atoms with Gasteiger partial charge >= 0.3 is 5.97 Å². The molecule has 7 nitrogen and oxygen atoms in total. The van der Waals surface area contributed by atoms with Gasteiger partial charge in [-0.1, -0.05) is 0 Å². The number of hydrogen-bond acceptors (Lipinski definition) is 5. The van der Waals surface area contributed by atoms with Crippen molar-refractivity contribution in [2.45, 2.75) is 37.8 Å². The maximum absolute atomic E-state index is 15.4. The van der Waals surface area contributed by atoms with E-state index in [1.807, 2.05) is 9.47 Å². The number of anilines is 1. The Kier molecular flexibility index (Phi) is 4.02. The molecule has 2 aliphatic heterocycles. The molecule has 0 bridgehead atoms. The van der Waals surface area contributed by atoms with Crippen LogP contribution in [0.2, 0.25) is 0 Å². The standard InChI is InChI=1S/C21H24FN3O4/c1-11-17-15(25(13-2-3-13)8-14(19(17)26)20(27)28)6-16(18(11)22)24-7-12-4-5-29-21(12,9-23)10-24/h6,8,12-13H,2-5,7,9-10,23H2,1H3,(H,27,28). The first kappa shape index (κ1) is 18.6. The van der Waals surface area contributed by atoms with Crippen molar-refractivity contribution in [3.05, 3.63) is 39.4 Å². The molecule has 1 saturated carbocycles. The second kappa shape index (κ2) is 6.27. The first-order valence-corrected chi connectivity index (χ1v) is 10.1. The summed E-state index contributed by atoms with van der Waals surface area (Å²) in [7, 11) is 0. The SMILES string of the molecule is Cc1c(F)c(N2CC3CCOC3(CN)C2)cc2c1c(=O)c(C(=O)O)cn2C1CC1. The van der Waals surface area contributed by atoms with Crippen LogP contribution in [0.15, 0.2) is 17.1 Å². The zero-order chi connectivity index (χ0) is 20.5. The van der Waals surface area contributed by atoms with Crippen molar-refractivity contribution in [1.82, 2.24) is 4.57 Å². The predicted octanol–water partition coefficient (Wildman–Crippen LogP) is 2.04. The fourth-order valence-electron chi connectivity index (χ4n) is 5.03. The van der Waals surface area contributed by atoms with E-state index in [0.717, 1.165) is 19.3 Å². The van der Waals surface area contributed by atoms with Crippen LogP contribution in [0.25, 0.3) is 10.9 Å². The van der Waals surface area contributed by atoms with Gasteiger partial charge in [0.1, 0.15) is 17.0 Å². The highest BCUT2D eigenvalue weighted by molar-refractivity contribution is 5.95. The Bertz CT molecular complexity index is 1090. The van der Waals surface area contributed by atoms with Gasteiger partial charge in [0.05, 0.1) is 16.6 Å². The average molecular weight is 401 g/mol. The molecular formula is C21H24FN3O4. The molecule has 2 unspecified atom stereocenters. The van der Waals surface area contributed by atoms with Crippen molar-refractivity contribution in [3.63, 3.8) is 0 Å². The number of benzene rings is 1. The number of fused-ring (bicyclic) bond motifs is 2. The van der Waals surface area contributed by atoms with Gasteiger partial charge in [-0.3, -0.25) is 4.79 Å². The van der Waals surface area contributed by atoms with E-state index in [-0.39, 0.29) is 28.5 Å². The largest absolute Gasteiger partial charge is 0.477 e. The summed E-state index contributed by atoms with van der Waals surface area (Å²) in [4.78, 5) is 26.4. The molecule has 2 atom stereocenters. The normalized spacial score (nSPS) is 26.3. The number of aromatic carboxylic acids is 1. The molecule has 0 amide bonds. The molecule has 5 rings (SSSR count). The topological polar surface area (TPSA) is 97.8 Å². The van der Waals surface area contributed by atoms with Gasteiger partial charge in [0.2, 0.25) is 5.43 Å². The third-order valence-electron chi connectivity index (χ3n) is 6.83. The molecule has 3 fully saturated rings. The summed E-state index contributed by atoms with van der Waals surface area (Å²) in [6.07, 6.45) is 4.14. The summed E-state index contributed by atoms with van der Waals surface area (Å²) in [5, 5.41) is 9.60. The monoisotopic (exact) mass is 401 g/mol. The van der Waals surface area contributed by atoms with E-state index in [1.54, 1.807) is 13.0 Å². The zero-order valence-corrected chi connectivity index (χ0v) is 16.3. The van der Waals surface area contributed by atoms with Crippen LogP contribution in [0.1, 0.15) is 41.2 Å². The number of aromatic nitrogens is 1. The van der Waals surface area contributed by atoms with Gasteiger partial charge in [-0.25, -0.2) is 9.18 Å². The lowest BCUT2D eigenvalue weighted by atomic mass is 9.91. The lowest BCUT2D eigenvalue weighted by Crippen LogP contribution is -2.44. The molecule has 154 valence electrons. The maximum atomic E-state index is 15.4. The van der Waals surface area contributed by atoms with Gasteiger partial charge in [0.25, 0.3) is 0 Å². The highest BCUT2D eigenvalue weighted by atomic mass is 19.1. The van der Waals surface area contributed by atoms with Crippen LogP contribution in [0.4, 0.5) is 10.1 Å². The van der Waals surface area contributed by atoms with Gasteiger partial charge in [0.15, 0.2) is 0 Å². The van der Waals surface area contributed by atoms with Gasteiger partial charge < -0.3 is 25.0 Å². The van der Waals surface area contributed by atoms with Crippen LogP contribution < -0.4 is 16.1 Å². The highest BCUT2D eigenvalue weighted by Crippen LogP contribution is 2.43. The van der Waals surface area contributed by atoms with Crippen molar-refractivity contribution >= 4 is 22.6 Å². The Balaban J connectivity index is 1.70. The highest BCUT2D eigenvalue weighted by Gasteiger charge is 2.50. The van der Waals surface area contributed by atoms with Crippen LogP contribution in [0, 0.1) is 18.7 Å². The van der Waals surface area contributed by atoms with Crippen LogP contribution in [0.5, 0.6) is 0 Å². The molecule has 3 aliphatic rings. The third kappa shape index (κ3) is 2.62. The number of pyridine rings is 1. The number of nitrogens with two attached hydrogens (primary N) is 1. The molecule has 0 radical (unpaired) electrons. The van der Waals surface area contributed by atoms with Gasteiger partial charge in [-0.15, -0.1) is 0 Å². The van der Waals surface area contributed by atoms with Crippen molar-refractivity contribution in [2.24, 2.45) is 11.7 Å². The number of halogens is 1. The minimum Gasteiger partial charge on any atom is -0.477 e. The number of hydrogen-bond donors (Lipinski definition) is 2. The quantitative estimate of drug-likeness (QED) is 0.814. The lowest BCUT2D eigenvalue weighted by molar-refractivity contribution is 0.0126. The maximum Gasteiger partial charge on any atom is 0.341 e. The minimum absolute atomic E-state index is 0.144. The van der Waals surface area contributed by atoms with Crippen LogP contribution in [-0.4, -0.2) is 47.5 Å². The first-order chi connectivity index (χ1) is 13.9. The van der Waals surface area contributed by atoms with Gasteiger partial charge in [-0.2, -0.15) is 0 Å². The number of ether oxygens (including phenoxy) is 1. The number of aryl methyl sites for hydroxylation is 1. The molecule has 29 heavy (non-hydrogen) atoms. The summed E-state index contributed by atoms with van der Waals surface area (Å²) < 4.78 is 23.2. The van der Waals surface area contributed by atoms with E-state index in [2.05, 4.69) is 0 Å². The van der Waals surface area contributed by atoms with Crippen molar-refractivity contribution in [2.75, 3.05) is 31.1 Å². The molecule has 0 spiro atoms. The lowest BCUT2D eigenvalue weighted by Gasteiger charge is -2.27. The Morgan fingerprint density at radius 3 is 2.79 bits per heavy atom. The minimum atomic E-state index is -1.29. The van der Waals surface area contributed by atoms with Crippen molar-refractivity contribution in [3.8, 4) is 0 Å². The molecule has 1 aromatic carbocycles. The van der Waals surface area contributed by atoms with Crippen molar-refractivity contribution in [1.29, 1.82) is 0 Å². The number of rotatable bonds is 4. The van der Waals surface area contributed by atoms with E-state index in [1.165, 1.54) is 6.20 Å². The number of nitrogens with zero attached hydrogens (tertiary/aromatic N) is 2. The van der Waals surface area contributed by atoms with Crippen LogP contribution in [-0.2, 0) is 4.74 Å². The molecule has 8 heteroatoms.